The van der Waals surface area contributed by atoms with E-state index in [2.05, 4.69) is 17.1 Å². The van der Waals surface area contributed by atoms with Crippen LogP contribution in [-0.4, -0.2) is 23.6 Å². The molecule has 0 aromatic heterocycles. The SMILES string of the molecule is C1CCC(NCC2CCCCS2)CC1. The number of rotatable bonds is 3. The summed E-state index contributed by atoms with van der Waals surface area (Å²) in [6.45, 7) is 1.27. The molecule has 1 saturated heterocycles. The van der Waals surface area contributed by atoms with Crippen molar-refractivity contribution in [3.63, 3.8) is 0 Å². The van der Waals surface area contributed by atoms with E-state index in [1.807, 2.05) is 0 Å². The maximum Gasteiger partial charge on any atom is 0.0172 e. The van der Waals surface area contributed by atoms with Gasteiger partial charge in [-0.25, -0.2) is 0 Å². The van der Waals surface area contributed by atoms with Crippen molar-refractivity contribution in [2.75, 3.05) is 12.3 Å². The molecule has 2 fully saturated rings. The average Bonchev–Trinajstić information content (AvgIpc) is 2.29. The lowest BCUT2D eigenvalue weighted by Gasteiger charge is -2.27. The maximum absolute atomic E-state index is 3.77. The van der Waals surface area contributed by atoms with Crippen LogP contribution >= 0.6 is 11.8 Å². The monoisotopic (exact) mass is 213 g/mol. The summed E-state index contributed by atoms with van der Waals surface area (Å²) in [6.07, 6.45) is 11.6. The Bertz CT molecular complexity index is 130. The lowest BCUT2D eigenvalue weighted by molar-refractivity contribution is 0.371. The van der Waals surface area contributed by atoms with Crippen LogP contribution in [0.15, 0.2) is 0 Å². The second-order valence-electron chi connectivity index (χ2n) is 4.73. The van der Waals surface area contributed by atoms with E-state index in [1.165, 1.54) is 63.7 Å². The van der Waals surface area contributed by atoms with Gasteiger partial charge in [0.25, 0.3) is 0 Å². The zero-order chi connectivity index (χ0) is 9.64. The van der Waals surface area contributed by atoms with Gasteiger partial charge in [-0.2, -0.15) is 11.8 Å². The van der Waals surface area contributed by atoms with Crippen molar-refractivity contribution in [3.8, 4) is 0 Å². The summed E-state index contributed by atoms with van der Waals surface area (Å²) in [5.41, 5.74) is 0. The molecule has 1 nitrogen and oxygen atoms in total. The van der Waals surface area contributed by atoms with Gasteiger partial charge in [-0.3, -0.25) is 0 Å². The van der Waals surface area contributed by atoms with Crippen molar-refractivity contribution in [1.82, 2.24) is 5.32 Å². The number of hydrogen-bond donors (Lipinski definition) is 1. The van der Waals surface area contributed by atoms with Crippen molar-refractivity contribution in [1.29, 1.82) is 0 Å². The lowest BCUT2D eigenvalue weighted by atomic mass is 9.95. The zero-order valence-corrected chi connectivity index (χ0v) is 9.95. The Morgan fingerprint density at radius 3 is 2.43 bits per heavy atom. The van der Waals surface area contributed by atoms with Crippen molar-refractivity contribution in [3.05, 3.63) is 0 Å². The Kier molecular flexibility index (Phi) is 4.65. The minimum absolute atomic E-state index is 0.853. The summed E-state index contributed by atoms with van der Waals surface area (Å²) in [7, 11) is 0. The number of thioether (sulfide) groups is 1. The van der Waals surface area contributed by atoms with Crippen molar-refractivity contribution >= 4 is 11.8 Å². The zero-order valence-electron chi connectivity index (χ0n) is 9.13. The first-order valence-corrected chi connectivity index (χ1v) is 7.35. The molecule has 0 spiro atoms. The molecule has 2 heteroatoms. The molecular formula is C12H23NS. The van der Waals surface area contributed by atoms with Crippen LogP contribution in [0.1, 0.15) is 51.4 Å². The third-order valence-electron chi connectivity index (χ3n) is 3.51. The molecule has 0 aromatic rings. The summed E-state index contributed by atoms with van der Waals surface area (Å²) in [6, 6.07) is 0.853. The first kappa shape index (κ1) is 10.8. The van der Waals surface area contributed by atoms with Crippen LogP contribution in [0.25, 0.3) is 0 Å². The standard InChI is InChI=1S/C12H23NS/c1-2-6-11(7-3-1)13-10-12-8-4-5-9-14-12/h11-13H,1-10H2. The fourth-order valence-corrected chi connectivity index (χ4v) is 3.82. The first-order valence-electron chi connectivity index (χ1n) is 6.30. The van der Waals surface area contributed by atoms with E-state index in [-0.39, 0.29) is 0 Å². The molecule has 1 heterocycles. The Labute approximate surface area is 92.4 Å². The van der Waals surface area contributed by atoms with Crippen LogP contribution in [0.5, 0.6) is 0 Å². The van der Waals surface area contributed by atoms with Gasteiger partial charge in [0.05, 0.1) is 0 Å². The average molecular weight is 213 g/mol. The quantitative estimate of drug-likeness (QED) is 0.772. The maximum atomic E-state index is 3.77. The molecule has 0 amide bonds. The summed E-state index contributed by atoms with van der Waals surface area (Å²) >= 11 is 2.19. The molecular weight excluding hydrogens is 190 g/mol. The topological polar surface area (TPSA) is 12.0 Å². The van der Waals surface area contributed by atoms with Gasteiger partial charge >= 0.3 is 0 Å². The number of nitrogens with one attached hydrogen (secondary N) is 1. The minimum Gasteiger partial charge on any atom is -0.313 e. The fourth-order valence-electron chi connectivity index (χ4n) is 2.57. The van der Waals surface area contributed by atoms with Gasteiger partial charge in [-0.1, -0.05) is 25.7 Å². The van der Waals surface area contributed by atoms with Crippen molar-refractivity contribution in [2.24, 2.45) is 0 Å². The molecule has 0 radical (unpaired) electrons. The summed E-state index contributed by atoms with van der Waals surface area (Å²) in [4.78, 5) is 0. The third kappa shape index (κ3) is 3.47. The van der Waals surface area contributed by atoms with Crippen LogP contribution in [0.3, 0.4) is 0 Å². The van der Waals surface area contributed by atoms with Crippen LogP contribution in [0.4, 0.5) is 0 Å². The van der Waals surface area contributed by atoms with Crippen LogP contribution < -0.4 is 5.32 Å². The molecule has 1 aliphatic carbocycles. The summed E-state index contributed by atoms with van der Waals surface area (Å²) in [5, 5.41) is 4.69. The summed E-state index contributed by atoms with van der Waals surface area (Å²) < 4.78 is 0. The Morgan fingerprint density at radius 2 is 1.71 bits per heavy atom. The molecule has 1 unspecified atom stereocenters. The third-order valence-corrected chi connectivity index (χ3v) is 4.91. The largest absolute Gasteiger partial charge is 0.313 e. The Balaban J connectivity index is 1.60. The lowest BCUT2D eigenvalue weighted by Crippen LogP contribution is -2.36. The Morgan fingerprint density at radius 1 is 0.929 bits per heavy atom. The highest BCUT2D eigenvalue weighted by molar-refractivity contribution is 7.99. The molecule has 0 aromatic carbocycles. The highest BCUT2D eigenvalue weighted by atomic mass is 32.2. The normalized spacial score (nSPS) is 30.4. The van der Waals surface area contributed by atoms with E-state index in [0.717, 1.165) is 11.3 Å². The smallest absolute Gasteiger partial charge is 0.0172 e. The fraction of sp³-hybridized carbons (Fsp3) is 1.00. The second-order valence-corrected chi connectivity index (χ2v) is 6.14. The van der Waals surface area contributed by atoms with Crippen LogP contribution in [0.2, 0.25) is 0 Å². The predicted octanol–water partition coefficient (Wildman–Crippen LogP) is 3.19. The predicted molar refractivity (Wildman–Crippen MR) is 65.0 cm³/mol. The van der Waals surface area contributed by atoms with E-state index in [1.54, 1.807) is 0 Å². The molecule has 2 rings (SSSR count). The summed E-state index contributed by atoms with van der Waals surface area (Å²) in [5.74, 6) is 1.40. The van der Waals surface area contributed by atoms with Crippen LogP contribution in [0, 0.1) is 0 Å². The second kappa shape index (κ2) is 6.02. The molecule has 1 N–H and O–H groups in total. The molecule has 1 atom stereocenters. The molecule has 82 valence electrons. The van der Waals surface area contributed by atoms with Gasteiger partial charge in [-0.15, -0.1) is 0 Å². The van der Waals surface area contributed by atoms with Gasteiger partial charge in [0.2, 0.25) is 0 Å². The molecule has 1 saturated carbocycles. The van der Waals surface area contributed by atoms with Crippen molar-refractivity contribution < 1.29 is 0 Å². The van der Waals surface area contributed by atoms with E-state index in [9.17, 15) is 0 Å². The van der Waals surface area contributed by atoms with E-state index in [0.29, 0.717) is 0 Å². The van der Waals surface area contributed by atoms with Crippen molar-refractivity contribution in [2.45, 2.75) is 62.7 Å². The van der Waals surface area contributed by atoms with Gasteiger partial charge in [0.15, 0.2) is 0 Å². The molecule has 0 bridgehead atoms. The van der Waals surface area contributed by atoms with Gasteiger partial charge in [-0.05, 0) is 31.4 Å². The first-order chi connectivity index (χ1) is 6.95. The van der Waals surface area contributed by atoms with E-state index in [4.69, 9.17) is 0 Å². The Hall–Kier alpha value is 0.310. The van der Waals surface area contributed by atoms with Gasteiger partial charge < -0.3 is 5.32 Å². The van der Waals surface area contributed by atoms with E-state index < -0.39 is 0 Å². The minimum atomic E-state index is 0.853. The molecule has 1 aliphatic heterocycles. The molecule has 2 aliphatic rings. The van der Waals surface area contributed by atoms with Crippen LogP contribution in [-0.2, 0) is 0 Å². The van der Waals surface area contributed by atoms with E-state index >= 15 is 0 Å². The highest BCUT2D eigenvalue weighted by Crippen LogP contribution is 2.25. The van der Waals surface area contributed by atoms with Gasteiger partial charge in [0.1, 0.15) is 0 Å². The highest BCUT2D eigenvalue weighted by Gasteiger charge is 2.17. The number of hydrogen-bond acceptors (Lipinski definition) is 2. The van der Waals surface area contributed by atoms with Gasteiger partial charge in [0, 0.05) is 17.8 Å². The molecule has 14 heavy (non-hydrogen) atoms.